The van der Waals surface area contributed by atoms with Crippen LogP contribution in [0, 0.1) is 24.1 Å². The lowest BCUT2D eigenvalue weighted by atomic mass is 10.2. The third-order valence-corrected chi connectivity index (χ3v) is 3.13. The molecule has 0 atom stereocenters. The minimum atomic E-state index is -0.531. The number of nitriles is 1. The Kier molecular flexibility index (Phi) is 3.20. The van der Waals surface area contributed by atoms with Crippen LogP contribution in [0.4, 0.5) is 4.39 Å². The van der Waals surface area contributed by atoms with Gasteiger partial charge in [-0.2, -0.15) is 10.4 Å². The van der Waals surface area contributed by atoms with E-state index in [1.54, 1.807) is 16.9 Å². The lowest BCUT2D eigenvalue weighted by molar-refractivity contribution is 0.623. The Bertz CT molecular complexity index is 831. The Labute approximate surface area is 121 Å². The predicted octanol–water partition coefficient (Wildman–Crippen LogP) is 3.25. The molecule has 0 N–H and O–H groups in total. The first-order valence-electron chi connectivity index (χ1n) is 6.37. The molecule has 0 saturated heterocycles. The van der Waals surface area contributed by atoms with Crippen molar-refractivity contribution >= 4 is 0 Å². The van der Waals surface area contributed by atoms with E-state index in [-0.39, 0.29) is 5.56 Å². The first kappa shape index (κ1) is 13.0. The zero-order chi connectivity index (χ0) is 14.8. The van der Waals surface area contributed by atoms with Crippen LogP contribution in [0.3, 0.4) is 0 Å². The molecule has 3 aromatic rings. The molecule has 2 aromatic heterocycles. The zero-order valence-corrected chi connectivity index (χ0v) is 11.3. The molecule has 0 radical (unpaired) electrons. The lowest BCUT2D eigenvalue weighted by Gasteiger charge is -2.04. The molecule has 4 nitrogen and oxygen atoms in total. The molecule has 0 spiro atoms. The fraction of sp³-hybridized carbons (Fsp3) is 0.0625. The predicted molar refractivity (Wildman–Crippen MR) is 76.2 cm³/mol. The third-order valence-electron chi connectivity index (χ3n) is 3.13. The number of pyridine rings is 1. The summed E-state index contributed by atoms with van der Waals surface area (Å²) >= 11 is 0. The van der Waals surface area contributed by atoms with Crippen molar-refractivity contribution in [2.45, 2.75) is 6.92 Å². The van der Waals surface area contributed by atoms with Gasteiger partial charge >= 0.3 is 0 Å². The van der Waals surface area contributed by atoms with Gasteiger partial charge in [-0.05, 0) is 43.3 Å². The van der Waals surface area contributed by atoms with Crippen LogP contribution in [0.25, 0.3) is 17.1 Å². The van der Waals surface area contributed by atoms with Crippen LogP contribution >= 0.6 is 0 Å². The van der Waals surface area contributed by atoms with E-state index in [1.807, 2.05) is 37.3 Å². The summed E-state index contributed by atoms with van der Waals surface area (Å²) in [6.07, 6.45) is 1.70. The highest BCUT2D eigenvalue weighted by Crippen LogP contribution is 2.20. The molecule has 3 rings (SSSR count). The summed E-state index contributed by atoms with van der Waals surface area (Å²) < 4.78 is 15.1. The minimum Gasteiger partial charge on any atom is -0.255 e. The maximum atomic E-state index is 13.4. The van der Waals surface area contributed by atoms with Gasteiger partial charge in [-0.15, -0.1) is 0 Å². The van der Waals surface area contributed by atoms with Crippen LogP contribution in [0.15, 0.2) is 48.7 Å². The summed E-state index contributed by atoms with van der Waals surface area (Å²) in [5.41, 5.74) is 3.03. The van der Waals surface area contributed by atoms with Crippen molar-refractivity contribution in [3.8, 4) is 23.1 Å². The van der Waals surface area contributed by atoms with E-state index in [2.05, 4.69) is 10.1 Å². The number of aryl methyl sites for hydroxylation is 1. The van der Waals surface area contributed by atoms with Gasteiger partial charge < -0.3 is 0 Å². The molecule has 0 aliphatic heterocycles. The van der Waals surface area contributed by atoms with Crippen LogP contribution in [0.1, 0.15) is 11.3 Å². The quantitative estimate of drug-likeness (QED) is 0.723. The Morgan fingerprint density at radius 1 is 1.14 bits per heavy atom. The fourth-order valence-corrected chi connectivity index (χ4v) is 2.11. The molecule has 5 heteroatoms. The Morgan fingerprint density at radius 2 is 2.00 bits per heavy atom. The van der Waals surface area contributed by atoms with Crippen molar-refractivity contribution in [1.82, 2.24) is 14.8 Å². The normalized spacial score (nSPS) is 10.3. The average Bonchev–Trinajstić information content (AvgIpc) is 2.91. The first-order chi connectivity index (χ1) is 10.2. The van der Waals surface area contributed by atoms with Crippen LogP contribution < -0.4 is 0 Å². The first-order valence-corrected chi connectivity index (χ1v) is 6.37. The fourth-order valence-electron chi connectivity index (χ4n) is 2.11. The Hall–Kier alpha value is -3.00. The smallest absolute Gasteiger partial charge is 0.141 e. The zero-order valence-electron chi connectivity index (χ0n) is 11.3. The van der Waals surface area contributed by atoms with Gasteiger partial charge in [-0.1, -0.05) is 6.07 Å². The summed E-state index contributed by atoms with van der Waals surface area (Å²) in [6.45, 7) is 1.90. The van der Waals surface area contributed by atoms with E-state index >= 15 is 0 Å². The highest BCUT2D eigenvalue weighted by Gasteiger charge is 2.10. The van der Waals surface area contributed by atoms with E-state index in [1.165, 1.54) is 12.1 Å². The summed E-state index contributed by atoms with van der Waals surface area (Å²) in [5, 5.41) is 13.4. The van der Waals surface area contributed by atoms with Crippen molar-refractivity contribution in [1.29, 1.82) is 5.26 Å². The summed E-state index contributed by atoms with van der Waals surface area (Å²) in [5.74, 6) is -0.531. The highest BCUT2D eigenvalue weighted by molar-refractivity contribution is 5.55. The number of aromatic nitrogens is 3. The van der Waals surface area contributed by atoms with Crippen LogP contribution in [-0.4, -0.2) is 14.8 Å². The van der Waals surface area contributed by atoms with E-state index in [0.717, 1.165) is 17.1 Å². The number of hydrogen-bond acceptors (Lipinski definition) is 3. The minimum absolute atomic E-state index is 0.00165. The molecular weight excluding hydrogens is 267 g/mol. The average molecular weight is 278 g/mol. The standard InChI is InChI=1S/C16H11FN4/c1-11-8-16(15-4-2-3-7-19-15)20-21(11)13-5-6-14(17)12(9-13)10-18/h2-9H,1H3. The van der Waals surface area contributed by atoms with E-state index in [9.17, 15) is 4.39 Å². The van der Waals surface area contributed by atoms with Crippen molar-refractivity contribution < 1.29 is 4.39 Å². The lowest BCUT2D eigenvalue weighted by Crippen LogP contribution is -2.00. The maximum absolute atomic E-state index is 13.4. The van der Waals surface area contributed by atoms with Crippen LogP contribution in [0.2, 0.25) is 0 Å². The molecule has 0 aliphatic rings. The molecular formula is C16H11FN4. The monoisotopic (exact) mass is 278 g/mol. The van der Waals surface area contributed by atoms with Crippen molar-refractivity contribution in [2.24, 2.45) is 0 Å². The second-order valence-electron chi connectivity index (χ2n) is 4.57. The van der Waals surface area contributed by atoms with Gasteiger partial charge in [-0.3, -0.25) is 4.98 Å². The molecule has 2 heterocycles. The highest BCUT2D eigenvalue weighted by atomic mass is 19.1. The van der Waals surface area contributed by atoms with Gasteiger partial charge in [0.15, 0.2) is 0 Å². The Morgan fingerprint density at radius 3 is 2.71 bits per heavy atom. The molecule has 0 amide bonds. The Balaban J connectivity index is 2.09. The van der Waals surface area contributed by atoms with Gasteiger partial charge in [0.2, 0.25) is 0 Å². The van der Waals surface area contributed by atoms with Crippen molar-refractivity contribution in [3.63, 3.8) is 0 Å². The molecule has 21 heavy (non-hydrogen) atoms. The molecule has 1 aromatic carbocycles. The number of benzene rings is 1. The van der Waals surface area contributed by atoms with Crippen molar-refractivity contribution in [2.75, 3.05) is 0 Å². The van der Waals surface area contributed by atoms with E-state index in [4.69, 9.17) is 5.26 Å². The number of rotatable bonds is 2. The molecule has 0 saturated carbocycles. The SMILES string of the molecule is Cc1cc(-c2ccccn2)nn1-c1ccc(F)c(C#N)c1. The van der Waals surface area contributed by atoms with Crippen LogP contribution in [-0.2, 0) is 0 Å². The van der Waals surface area contributed by atoms with Gasteiger partial charge in [0.05, 0.1) is 16.9 Å². The second kappa shape index (κ2) is 5.17. The van der Waals surface area contributed by atoms with E-state index < -0.39 is 5.82 Å². The van der Waals surface area contributed by atoms with E-state index in [0.29, 0.717) is 5.69 Å². The van der Waals surface area contributed by atoms with Gasteiger partial charge in [-0.25, -0.2) is 9.07 Å². The number of nitrogens with zero attached hydrogens (tertiary/aromatic N) is 4. The summed E-state index contributed by atoms with van der Waals surface area (Å²) in [4.78, 5) is 4.26. The molecule has 102 valence electrons. The summed E-state index contributed by atoms with van der Waals surface area (Å²) in [6, 6.07) is 13.7. The van der Waals surface area contributed by atoms with Crippen LogP contribution in [0.5, 0.6) is 0 Å². The second-order valence-corrected chi connectivity index (χ2v) is 4.57. The third kappa shape index (κ3) is 2.39. The summed E-state index contributed by atoms with van der Waals surface area (Å²) in [7, 11) is 0. The molecule has 0 unspecified atom stereocenters. The van der Waals surface area contributed by atoms with Gasteiger partial charge in [0, 0.05) is 11.9 Å². The molecule has 0 bridgehead atoms. The van der Waals surface area contributed by atoms with Crippen molar-refractivity contribution in [3.05, 3.63) is 65.7 Å². The number of halogens is 1. The maximum Gasteiger partial charge on any atom is 0.141 e. The number of hydrogen-bond donors (Lipinski definition) is 0. The topological polar surface area (TPSA) is 54.5 Å². The molecule has 0 aliphatic carbocycles. The molecule has 0 fully saturated rings. The largest absolute Gasteiger partial charge is 0.255 e. The van der Waals surface area contributed by atoms with Gasteiger partial charge in [0.25, 0.3) is 0 Å². The van der Waals surface area contributed by atoms with Gasteiger partial charge in [0.1, 0.15) is 17.6 Å².